The molecule has 0 aliphatic carbocycles. The fourth-order valence-corrected chi connectivity index (χ4v) is 4.37. The van der Waals surface area contributed by atoms with E-state index in [1.54, 1.807) is 0 Å². The second-order valence-electron chi connectivity index (χ2n) is 7.53. The van der Waals surface area contributed by atoms with Crippen LogP contribution in [-0.2, 0) is 6.54 Å². The van der Waals surface area contributed by atoms with Gasteiger partial charge in [-0.25, -0.2) is 0 Å². The minimum atomic E-state index is -0.761. The number of aryl methyl sites for hydroxylation is 1. The third kappa shape index (κ3) is 3.07. The first-order valence-corrected chi connectivity index (χ1v) is 9.41. The number of benzene rings is 1. The Kier molecular flexibility index (Phi) is 4.29. The summed E-state index contributed by atoms with van der Waals surface area (Å²) in [6, 6.07) is 8.06. The zero-order valence-electron chi connectivity index (χ0n) is 14.9. The topological polar surface area (TPSA) is 48.7 Å². The summed E-state index contributed by atoms with van der Waals surface area (Å²) < 4.78 is 2.12. The number of likely N-dealkylation sites (tertiary alicyclic amines) is 2. The molecule has 5 nitrogen and oxygen atoms in total. The molecule has 0 unspecified atom stereocenters. The van der Waals surface area contributed by atoms with Gasteiger partial charge in [-0.2, -0.15) is 0 Å². The standard InChI is InChI=1S/C20H27N3O2/c1-2-22-13-17(16-7-3-4-8-18(16)22)19(24)23-12-9-20(25,15-23)14-21-10-5-6-11-21/h3-4,7-8,13,25H,2,5-6,9-12,14-15H2,1H3/t20-/m1/s1. The van der Waals surface area contributed by atoms with Crippen molar-refractivity contribution in [1.29, 1.82) is 0 Å². The minimum absolute atomic E-state index is 0.0424. The third-order valence-corrected chi connectivity index (χ3v) is 5.70. The summed E-state index contributed by atoms with van der Waals surface area (Å²) in [5.74, 6) is 0.0424. The van der Waals surface area contributed by atoms with E-state index >= 15 is 0 Å². The van der Waals surface area contributed by atoms with E-state index in [0.717, 1.165) is 36.1 Å². The van der Waals surface area contributed by atoms with Gasteiger partial charge in [0.25, 0.3) is 5.91 Å². The highest BCUT2D eigenvalue weighted by atomic mass is 16.3. The van der Waals surface area contributed by atoms with Crippen LogP contribution >= 0.6 is 0 Å². The monoisotopic (exact) mass is 341 g/mol. The van der Waals surface area contributed by atoms with Gasteiger partial charge in [0, 0.05) is 36.7 Å². The molecule has 25 heavy (non-hydrogen) atoms. The highest BCUT2D eigenvalue weighted by Gasteiger charge is 2.40. The van der Waals surface area contributed by atoms with E-state index in [1.165, 1.54) is 12.8 Å². The van der Waals surface area contributed by atoms with Gasteiger partial charge in [-0.3, -0.25) is 4.79 Å². The summed E-state index contributed by atoms with van der Waals surface area (Å²) in [7, 11) is 0. The maximum Gasteiger partial charge on any atom is 0.256 e. The van der Waals surface area contributed by atoms with Crippen LogP contribution < -0.4 is 0 Å². The Labute approximate surface area is 148 Å². The molecule has 1 atom stereocenters. The number of nitrogens with zero attached hydrogens (tertiary/aromatic N) is 3. The Bertz CT molecular complexity index is 778. The van der Waals surface area contributed by atoms with Crippen molar-refractivity contribution < 1.29 is 9.90 Å². The number of aromatic nitrogens is 1. The number of fused-ring (bicyclic) bond motifs is 1. The van der Waals surface area contributed by atoms with Crippen LogP contribution in [0.4, 0.5) is 0 Å². The molecule has 1 amide bonds. The molecule has 2 fully saturated rings. The van der Waals surface area contributed by atoms with Crippen LogP contribution in [0.1, 0.15) is 36.5 Å². The van der Waals surface area contributed by atoms with E-state index in [2.05, 4.69) is 22.5 Å². The average molecular weight is 341 g/mol. The van der Waals surface area contributed by atoms with Crippen molar-refractivity contribution in [2.24, 2.45) is 0 Å². The Morgan fingerprint density at radius 1 is 1.20 bits per heavy atom. The third-order valence-electron chi connectivity index (χ3n) is 5.70. The van der Waals surface area contributed by atoms with E-state index in [-0.39, 0.29) is 5.91 Å². The molecule has 2 aliphatic heterocycles. The van der Waals surface area contributed by atoms with Gasteiger partial charge in [0.2, 0.25) is 0 Å². The lowest BCUT2D eigenvalue weighted by atomic mass is 10.0. The van der Waals surface area contributed by atoms with Crippen LogP contribution in [0.2, 0.25) is 0 Å². The van der Waals surface area contributed by atoms with Crippen molar-refractivity contribution in [1.82, 2.24) is 14.4 Å². The first-order chi connectivity index (χ1) is 12.1. The maximum atomic E-state index is 13.1. The number of amides is 1. The molecule has 134 valence electrons. The molecule has 2 aliphatic rings. The smallest absolute Gasteiger partial charge is 0.256 e. The molecule has 1 N–H and O–H groups in total. The molecule has 4 rings (SSSR count). The lowest BCUT2D eigenvalue weighted by molar-refractivity contribution is 0.0176. The molecular formula is C20H27N3O2. The molecule has 0 bridgehead atoms. The Balaban J connectivity index is 1.54. The molecule has 3 heterocycles. The molecule has 2 aromatic rings. The summed E-state index contributed by atoms with van der Waals surface area (Å²) in [4.78, 5) is 17.3. The van der Waals surface area contributed by atoms with Gasteiger partial charge in [0.05, 0.1) is 17.7 Å². The van der Waals surface area contributed by atoms with Crippen molar-refractivity contribution in [3.8, 4) is 0 Å². The molecule has 1 aromatic carbocycles. The molecule has 2 saturated heterocycles. The first kappa shape index (κ1) is 16.6. The Morgan fingerprint density at radius 3 is 2.72 bits per heavy atom. The second-order valence-corrected chi connectivity index (χ2v) is 7.53. The molecule has 0 saturated carbocycles. The van der Waals surface area contributed by atoms with Crippen molar-refractivity contribution in [3.63, 3.8) is 0 Å². The summed E-state index contributed by atoms with van der Waals surface area (Å²) in [5, 5.41) is 11.9. The van der Waals surface area contributed by atoms with Crippen molar-refractivity contribution in [2.45, 2.75) is 38.3 Å². The summed E-state index contributed by atoms with van der Waals surface area (Å²) in [6.07, 6.45) is 5.07. The van der Waals surface area contributed by atoms with Gasteiger partial charge in [-0.1, -0.05) is 18.2 Å². The Hall–Kier alpha value is -1.85. The molecule has 0 spiro atoms. The number of rotatable bonds is 4. The fraction of sp³-hybridized carbons (Fsp3) is 0.550. The zero-order valence-corrected chi connectivity index (χ0v) is 14.9. The minimum Gasteiger partial charge on any atom is -0.387 e. The van der Waals surface area contributed by atoms with Gasteiger partial charge < -0.3 is 19.5 Å². The van der Waals surface area contributed by atoms with Crippen molar-refractivity contribution in [3.05, 3.63) is 36.0 Å². The van der Waals surface area contributed by atoms with Gasteiger partial charge in [-0.05, 0) is 45.3 Å². The number of carbonyl (C=O) groups excluding carboxylic acids is 1. The van der Waals surface area contributed by atoms with E-state index in [9.17, 15) is 9.90 Å². The highest BCUT2D eigenvalue weighted by molar-refractivity contribution is 6.07. The normalized spacial score (nSPS) is 24.5. The van der Waals surface area contributed by atoms with Crippen LogP contribution in [0.3, 0.4) is 0 Å². The molecule has 0 radical (unpaired) electrons. The van der Waals surface area contributed by atoms with E-state index < -0.39 is 5.60 Å². The summed E-state index contributed by atoms with van der Waals surface area (Å²) >= 11 is 0. The lowest BCUT2D eigenvalue weighted by Crippen LogP contribution is -2.45. The van der Waals surface area contributed by atoms with Gasteiger partial charge in [0.15, 0.2) is 0 Å². The van der Waals surface area contributed by atoms with Gasteiger partial charge in [0.1, 0.15) is 0 Å². The Morgan fingerprint density at radius 2 is 1.96 bits per heavy atom. The lowest BCUT2D eigenvalue weighted by Gasteiger charge is -2.28. The molecule has 5 heteroatoms. The summed E-state index contributed by atoms with van der Waals surface area (Å²) in [6.45, 7) is 6.83. The maximum absolute atomic E-state index is 13.1. The second kappa shape index (κ2) is 6.46. The van der Waals surface area contributed by atoms with Gasteiger partial charge >= 0.3 is 0 Å². The molecule has 1 aromatic heterocycles. The largest absolute Gasteiger partial charge is 0.387 e. The first-order valence-electron chi connectivity index (χ1n) is 9.41. The van der Waals surface area contributed by atoms with Crippen LogP contribution in [0.25, 0.3) is 10.9 Å². The zero-order chi connectivity index (χ0) is 17.4. The van der Waals surface area contributed by atoms with E-state index in [0.29, 0.717) is 26.1 Å². The van der Waals surface area contributed by atoms with Crippen LogP contribution in [0, 0.1) is 0 Å². The number of carbonyl (C=O) groups is 1. The van der Waals surface area contributed by atoms with Gasteiger partial charge in [-0.15, -0.1) is 0 Å². The number of hydrogen-bond acceptors (Lipinski definition) is 3. The number of para-hydroxylation sites is 1. The van der Waals surface area contributed by atoms with E-state index in [1.807, 2.05) is 29.3 Å². The fourth-order valence-electron chi connectivity index (χ4n) is 4.37. The van der Waals surface area contributed by atoms with E-state index in [4.69, 9.17) is 0 Å². The number of hydrogen-bond donors (Lipinski definition) is 1. The van der Waals surface area contributed by atoms with Crippen LogP contribution in [0.15, 0.2) is 30.5 Å². The SMILES string of the molecule is CCn1cc(C(=O)N2CC[C@@](O)(CN3CCCC3)C2)c2ccccc21. The predicted octanol–water partition coefficient (Wildman–Crippen LogP) is 2.33. The van der Waals surface area contributed by atoms with Crippen LogP contribution in [-0.4, -0.2) is 63.7 Å². The average Bonchev–Trinajstić information content (AvgIpc) is 3.33. The molecular weight excluding hydrogens is 314 g/mol. The van der Waals surface area contributed by atoms with Crippen molar-refractivity contribution >= 4 is 16.8 Å². The van der Waals surface area contributed by atoms with Crippen molar-refractivity contribution in [2.75, 3.05) is 32.7 Å². The number of aliphatic hydroxyl groups is 1. The number of β-amino-alcohol motifs (C(OH)–C–C–N with tert-alkyl or cyclic N) is 1. The summed E-state index contributed by atoms with van der Waals surface area (Å²) in [5.41, 5.74) is 1.09. The predicted molar refractivity (Wildman–Crippen MR) is 98.8 cm³/mol. The quantitative estimate of drug-likeness (QED) is 0.929. The highest BCUT2D eigenvalue weighted by Crippen LogP contribution is 2.28. The van der Waals surface area contributed by atoms with Crippen LogP contribution in [0.5, 0.6) is 0 Å².